The summed E-state index contributed by atoms with van der Waals surface area (Å²) in [5.41, 5.74) is 10.2. The molecule has 0 spiro atoms. The summed E-state index contributed by atoms with van der Waals surface area (Å²) in [6.45, 7) is 0. The van der Waals surface area contributed by atoms with Crippen molar-refractivity contribution in [3.05, 3.63) is 48.0 Å². The van der Waals surface area contributed by atoms with Gasteiger partial charge in [0.05, 0.1) is 28.3 Å². The summed E-state index contributed by atoms with van der Waals surface area (Å²) in [4.78, 5) is 8.41. The standard InChI is InChI=1S/C16H12N6/c1-22-9-19-13-8-10(3-5-14(13)22)2-4-11-15-12(21-20-11)6-7-18-16(15)17/h3,5-9H,1H3,(H2,17,18)(H,20,21). The second-order valence-corrected chi connectivity index (χ2v) is 5.00. The lowest BCUT2D eigenvalue weighted by Gasteiger charge is -1.95. The van der Waals surface area contributed by atoms with Gasteiger partial charge in [-0.05, 0) is 30.2 Å². The molecule has 3 N–H and O–H groups in total. The molecule has 0 aliphatic carbocycles. The van der Waals surface area contributed by atoms with Crippen LogP contribution >= 0.6 is 0 Å². The number of aryl methyl sites for hydroxylation is 1. The fraction of sp³-hybridized carbons (Fsp3) is 0.0625. The first-order chi connectivity index (χ1) is 10.7. The molecule has 3 aromatic heterocycles. The lowest BCUT2D eigenvalue weighted by Crippen LogP contribution is -1.90. The number of hydrogen-bond acceptors (Lipinski definition) is 4. The highest BCUT2D eigenvalue weighted by Crippen LogP contribution is 2.19. The number of benzene rings is 1. The number of rotatable bonds is 0. The second kappa shape index (κ2) is 4.60. The van der Waals surface area contributed by atoms with Crippen molar-refractivity contribution in [3.8, 4) is 11.8 Å². The van der Waals surface area contributed by atoms with Crippen LogP contribution in [-0.4, -0.2) is 24.7 Å². The van der Waals surface area contributed by atoms with Crippen LogP contribution in [0.2, 0.25) is 0 Å². The predicted molar refractivity (Wildman–Crippen MR) is 85.0 cm³/mol. The third-order valence-corrected chi connectivity index (χ3v) is 3.55. The molecule has 0 unspecified atom stereocenters. The molecule has 1 aromatic carbocycles. The molecule has 0 aliphatic rings. The fourth-order valence-corrected chi connectivity index (χ4v) is 2.43. The average Bonchev–Trinajstić information content (AvgIpc) is 3.10. The molecular weight excluding hydrogens is 276 g/mol. The fourth-order valence-electron chi connectivity index (χ4n) is 2.43. The first-order valence-corrected chi connectivity index (χ1v) is 6.74. The Labute approximate surface area is 126 Å². The van der Waals surface area contributed by atoms with E-state index in [1.165, 1.54) is 0 Å². The summed E-state index contributed by atoms with van der Waals surface area (Å²) in [5, 5.41) is 7.84. The van der Waals surface area contributed by atoms with Crippen molar-refractivity contribution in [2.45, 2.75) is 0 Å². The number of hydrogen-bond donors (Lipinski definition) is 2. The van der Waals surface area contributed by atoms with Crippen LogP contribution in [0.4, 0.5) is 5.82 Å². The van der Waals surface area contributed by atoms with Gasteiger partial charge in [-0.15, -0.1) is 0 Å². The summed E-state index contributed by atoms with van der Waals surface area (Å²) in [6.07, 6.45) is 3.42. The maximum Gasteiger partial charge on any atom is 0.135 e. The van der Waals surface area contributed by atoms with Gasteiger partial charge in [-0.25, -0.2) is 9.97 Å². The van der Waals surface area contributed by atoms with Crippen molar-refractivity contribution in [1.29, 1.82) is 0 Å². The van der Waals surface area contributed by atoms with Crippen LogP contribution in [0.15, 0.2) is 36.8 Å². The molecule has 0 saturated carbocycles. The molecule has 0 amide bonds. The number of aromatic amines is 1. The van der Waals surface area contributed by atoms with Gasteiger partial charge in [0, 0.05) is 18.8 Å². The zero-order chi connectivity index (χ0) is 15.1. The minimum absolute atomic E-state index is 0.427. The first kappa shape index (κ1) is 12.4. The molecule has 22 heavy (non-hydrogen) atoms. The smallest absolute Gasteiger partial charge is 0.135 e. The van der Waals surface area contributed by atoms with Crippen LogP contribution in [0.5, 0.6) is 0 Å². The summed E-state index contributed by atoms with van der Waals surface area (Å²) in [5.74, 6) is 6.61. The minimum atomic E-state index is 0.427. The Bertz CT molecular complexity index is 1060. The van der Waals surface area contributed by atoms with E-state index in [0.29, 0.717) is 11.5 Å². The maximum atomic E-state index is 5.90. The van der Waals surface area contributed by atoms with E-state index in [2.05, 4.69) is 32.0 Å². The van der Waals surface area contributed by atoms with Crippen molar-refractivity contribution in [3.63, 3.8) is 0 Å². The third-order valence-electron chi connectivity index (χ3n) is 3.55. The van der Waals surface area contributed by atoms with Gasteiger partial charge < -0.3 is 10.3 Å². The Morgan fingerprint density at radius 1 is 1.14 bits per heavy atom. The van der Waals surface area contributed by atoms with Gasteiger partial charge in [0.15, 0.2) is 0 Å². The Morgan fingerprint density at radius 3 is 2.95 bits per heavy atom. The van der Waals surface area contributed by atoms with Crippen molar-refractivity contribution in [1.82, 2.24) is 24.7 Å². The quantitative estimate of drug-likeness (QED) is 0.483. The monoisotopic (exact) mass is 288 g/mol. The number of nitrogens with two attached hydrogens (primary N) is 1. The van der Waals surface area contributed by atoms with E-state index >= 15 is 0 Å². The second-order valence-electron chi connectivity index (χ2n) is 5.00. The molecule has 4 aromatic rings. The molecule has 0 atom stereocenters. The predicted octanol–water partition coefficient (Wildman–Crippen LogP) is 1.83. The van der Waals surface area contributed by atoms with E-state index in [1.807, 2.05) is 29.8 Å². The zero-order valence-corrected chi connectivity index (χ0v) is 11.8. The van der Waals surface area contributed by atoms with Crippen molar-refractivity contribution in [2.75, 3.05) is 5.73 Å². The number of pyridine rings is 1. The van der Waals surface area contributed by atoms with Crippen molar-refractivity contribution >= 4 is 27.8 Å². The van der Waals surface area contributed by atoms with E-state index < -0.39 is 0 Å². The van der Waals surface area contributed by atoms with Crippen molar-refractivity contribution < 1.29 is 0 Å². The van der Waals surface area contributed by atoms with E-state index in [-0.39, 0.29) is 0 Å². The lowest BCUT2D eigenvalue weighted by molar-refractivity contribution is 0.947. The van der Waals surface area contributed by atoms with Crippen LogP contribution in [0.1, 0.15) is 11.3 Å². The van der Waals surface area contributed by atoms with Crippen LogP contribution in [-0.2, 0) is 7.05 Å². The maximum absolute atomic E-state index is 5.90. The van der Waals surface area contributed by atoms with Crippen LogP contribution in [0, 0.1) is 11.8 Å². The van der Waals surface area contributed by atoms with Gasteiger partial charge in [0.25, 0.3) is 0 Å². The molecule has 0 radical (unpaired) electrons. The van der Waals surface area contributed by atoms with Gasteiger partial charge in [-0.1, -0.05) is 5.92 Å². The number of fused-ring (bicyclic) bond motifs is 2. The largest absolute Gasteiger partial charge is 0.383 e. The highest BCUT2D eigenvalue weighted by molar-refractivity contribution is 5.92. The summed E-state index contributed by atoms with van der Waals surface area (Å²) in [6, 6.07) is 7.74. The van der Waals surface area contributed by atoms with Crippen LogP contribution < -0.4 is 5.73 Å². The van der Waals surface area contributed by atoms with Gasteiger partial charge in [-0.3, -0.25) is 5.10 Å². The molecule has 3 heterocycles. The normalized spacial score (nSPS) is 10.8. The molecule has 106 valence electrons. The van der Waals surface area contributed by atoms with Gasteiger partial charge >= 0.3 is 0 Å². The average molecular weight is 288 g/mol. The summed E-state index contributed by atoms with van der Waals surface area (Å²) < 4.78 is 1.97. The van der Waals surface area contributed by atoms with E-state index in [9.17, 15) is 0 Å². The van der Waals surface area contributed by atoms with Crippen LogP contribution in [0.25, 0.3) is 21.9 Å². The highest BCUT2D eigenvalue weighted by atomic mass is 15.1. The number of anilines is 1. The Kier molecular flexibility index (Phi) is 2.60. The number of H-pyrrole nitrogens is 1. The number of nitrogens with one attached hydrogen (secondary N) is 1. The number of aromatic nitrogens is 5. The third kappa shape index (κ3) is 1.88. The van der Waals surface area contributed by atoms with Gasteiger partial charge in [-0.2, -0.15) is 5.10 Å². The Hall–Kier alpha value is -3.33. The lowest BCUT2D eigenvalue weighted by atomic mass is 10.2. The first-order valence-electron chi connectivity index (χ1n) is 6.74. The number of nitrogens with zero attached hydrogens (tertiary/aromatic N) is 4. The van der Waals surface area contributed by atoms with Gasteiger partial charge in [0.2, 0.25) is 0 Å². The molecule has 0 aliphatic heterocycles. The van der Waals surface area contributed by atoms with E-state index in [0.717, 1.165) is 27.5 Å². The molecule has 0 fully saturated rings. The van der Waals surface area contributed by atoms with Crippen molar-refractivity contribution in [2.24, 2.45) is 7.05 Å². The number of nitrogen functional groups attached to an aromatic ring is 1. The molecule has 6 heteroatoms. The molecular formula is C16H12N6. The minimum Gasteiger partial charge on any atom is -0.383 e. The van der Waals surface area contributed by atoms with E-state index in [4.69, 9.17) is 5.73 Å². The summed E-state index contributed by atoms with van der Waals surface area (Å²) in [7, 11) is 1.97. The molecule has 0 saturated heterocycles. The molecule has 0 bridgehead atoms. The Balaban J connectivity index is 1.80. The number of imidazole rings is 1. The topological polar surface area (TPSA) is 85.4 Å². The Morgan fingerprint density at radius 2 is 2.05 bits per heavy atom. The SMILES string of the molecule is Cn1cnc2cc(C#Cc3[nH]nc4ccnc(N)c34)ccc21. The molecule has 4 rings (SSSR count). The van der Waals surface area contributed by atoms with Gasteiger partial charge in [0.1, 0.15) is 11.5 Å². The van der Waals surface area contributed by atoms with E-state index in [1.54, 1.807) is 18.6 Å². The summed E-state index contributed by atoms with van der Waals surface area (Å²) >= 11 is 0. The van der Waals surface area contributed by atoms with Crippen LogP contribution in [0.3, 0.4) is 0 Å². The highest BCUT2D eigenvalue weighted by Gasteiger charge is 2.07. The zero-order valence-electron chi connectivity index (χ0n) is 11.8. The molecule has 6 nitrogen and oxygen atoms in total.